The number of rotatable bonds is 4. The molecule has 1 atom stereocenters. The van der Waals surface area contributed by atoms with Crippen LogP contribution in [-0.2, 0) is 0 Å². The number of benzene rings is 2. The Labute approximate surface area is 108 Å². The van der Waals surface area contributed by atoms with E-state index in [4.69, 9.17) is 0 Å². The third kappa shape index (κ3) is 2.59. The summed E-state index contributed by atoms with van der Waals surface area (Å²) < 4.78 is 14.2. The second-order valence-electron chi connectivity index (χ2n) is 4.38. The maximum absolute atomic E-state index is 14.2. The van der Waals surface area contributed by atoms with E-state index in [1.165, 1.54) is 0 Å². The summed E-state index contributed by atoms with van der Waals surface area (Å²) in [6.45, 7) is 4.63. The van der Waals surface area contributed by atoms with Gasteiger partial charge in [0.05, 0.1) is 6.04 Å². The first-order chi connectivity index (χ1) is 8.74. The van der Waals surface area contributed by atoms with Gasteiger partial charge in [-0.3, -0.25) is 0 Å². The van der Waals surface area contributed by atoms with Crippen LogP contribution in [0.4, 0.5) is 4.39 Å². The Balaban J connectivity index is 2.45. The summed E-state index contributed by atoms with van der Waals surface area (Å²) in [6.07, 6.45) is 0. The Morgan fingerprint density at radius 3 is 2.44 bits per heavy atom. The maximum Gasteiger partial charge on any atom is 0.131 e. The van der Waals surface area contributed by atoms with Crippen LogP contribution in [0.5, 0.6) is 0 Å². The molecule has 1 nitrogen and oxygen atoms in total. The van der Waals surface area contributed by atoms with E-state index in [0.717, 1.165) is 12.1 Å². The van der Waals surface area contributed by atoms with E-state index >= 15 is 0 Å². The molecule has 0 saturated carbocycles. The first-order valence-corrected chi connectivity index (χ1v) is 6.27. The van der Waals surface area contributed by atoms with Crippen LogP contribution in [-0.4, -0.2) is 6.54 Å². The monoisotopic (exact) mass is 243 g/mol. The zero-order chi connectivity index (χ0) is 13.0. The van der Waals surface area contributed by atoms with Crippen molar-refractivity contribution >= 4 is 0 Å². The number of halogens is 1. The van der Waals surface area contributed by atoms with Crippen LogP contribution >= 0.6 is 0 Å². The SMILES string of the molecule is CCNC(c1ccccc1)c1cccc(C)c1F. The van der Waals surface area contributed by atoms with Gasteiger partial charge < -0.3 is 5.32 Å². The lowest BCUT2D eigenvalue weighted by Gasteiger charge is -2.20. The first kappa shape index (κ1) is 12.8. The third-order valence-corrected chi connectivity index (χ3v) is 3.07. The van der Waals surface area contributed by atoms with Gasteiger partial charge in [-0.2, -0.15) is 0 Å². The molecule has 0 aliphatic heterocycles. The van der Waals surface area contributed by atoms with E-state index in [9.17, 15) is 4.39 Å². The summed E-state index contributed by atoms with van der Waals surface area (Å²) in [5, 5.41) is 3.34. The summed E-state index contributed by atoms with van der Waals surface area (Å²) >= 11 is 0. The molecule has 0 amide bonds. The van der Waals surface area contributed by atoms with Crippen molar-refractivity contribution in [3.8, 4) is 0 Å². The van der Waals surface area contributed by atoms with Crippen molar-refractivity contribution in [3.63, 3.8) is 0 Å². The quantitative estimate of drug-likeness (QED) is 0.860. The normalized spacial score (nSPS) is 12.4. The third-order valence-electron chi connectivity index (χ3n) is 3.07. The second kappa shape index (κ2) is 5.78. The van der Waals surface area contributed by atoms with Crippen molar-refractivity contribution in [3.05, 3.63) is 71.0 Å². The average molecular weight is 243 g/mol. The van der Waals surface area contributed by atoms with E-state index in [1.807, 2.05) is 49.4 Å². The van der Waals surface area contributed by atoms with Crippen LogP contribution in [0, 0.1) is 12.7 Å². The Bertz CT molecular complexity index is 508. The topological polar surface area (TPSA) is 12.0 Å². The Morgan fingerprint density at radius 2 is 1.78 bits per heavy atom. The number of hydrogen-bond donors (Lipinski definition) is 1. The average Bonchev–Trinajstić information content (AvgIpc) is 2.41. The Kier molecular flexibility index (Phi) is 4.11. The molecule has 2 aromatic carbocycles. The fraction of sp³-hybridized carbons (Fsp3) is 0.250. The van der Waals surface area contributed by atoms with E-state index in [2.05, 4.69) is 5.32 Å². The predicted molar refractivity (Wildman–Crippen MR) is 73.1 cm³/mol. The fourth-order valence-corrected chi connectivity index (χ4v) is 2.15. The first-order valence-electron chi connectivity index (χ1n) is 6.27. The van der Waals surface area contributed by atoms with E-state index in [0.29, 0.717) is 11.1 Å². The van der Waals surface area contributed by atoms with Gasteiger partial charge >= 0.3 is 0 Å². The van der Waals surface area contributed by atoms with Crippen LogP contribution in [0.1, 0.15) is 29.7 Å². The highest BCUT2D eigenvalue weighted by molar-refractivity contribution is 5.35. The highest BCUT2D eigenvalue weighted by atomic mass is 19.1. The van der Waals surface area contributed by atoms with Gasteiger partial charge in [-0.15, -0.1) is 0 Å². The van der Waals surface area contributed by atoms with Gasteiger partial charge in [-0.05, 0) is 24.6 Å². The number of nitrogens with one attached hydrogen (secondary N) is 1. The summed E-state index contributed by atoms with van der Waals surface area (Å²) in [5.41, 5.74) is 2.48. The van der Waals surface area contributed by atoms with Gasteiger partial charge in [0.1, 0.15) is 5.82 Å². The minimum Gasteiger partial charge on any atom is -0.306 e. The van der Waals surface area contributed by atoms with Crippen molar-refractivity contribution in [1.82, 2.24) is 5.32 Å². The summed E-state index contributed by atoms with van der Waals surface area (Å²) in [7, 11) is 0. The van der Waals surface area contributed by atoms with Crippen molar-refractivity contribution in [2.24, 2.45) is 0 Å². The molecule has 1 unspecified atom stereocenters. The predicted octanol–water partition coefficient (Wildman–Crippen LogP) is 3.83. The van der Waals surface area contributed by atoms with Crippen LogP contribution < -0.4 is 5.32 Å². The molecule has 0 heterocycles. The van der Waals surface area contributed by atoms with E-state index < -0.39 is 0 Å². The lowest BCUT2D eigenvalue weighted by atomic mass is 9.96. The smallest absolute Gasteiger partial charge is 0.131 e. The molecule has 0 aliphatic rings. The molecule has 0 fully saturated rings. The molecular weight excluding hydrogens is 225 g/mol. The second-order valence-corrected chi connectivity index (χ2v) is 4.38. The van der Waals surface area contributed by atoms with Gasteiger partial charge in [-0.25, -0.2) is 4.39 Å². The maximum atomic E-state index is 14.2. The van der Waals surface area contributed by atoms with Crippen molar-refractivity contribution < 1.29 is 4.39 Å². The van der Waals surface area contributed by atoms with Crippen LogP contribution in [0.2, 0.25) is 0 Å². The molecule has 0 radical (unpaired) electrons. The number of aryl methyl sites for hydroxylation is 1. The molecule has 0 aromatic heterocycles. The van der Waals surface area contributed by atoms with Crippen LogP contribution in [0.15, 0.2) is 48.5 Å². The zero-order valence-corrected chi connectivity index (χ0v) is 10.8. The molecule has 94 valence electrons. The molecule has 0 saturated heterocycles. The molecular formula is C16H18FN. The number of hydrogen-bond acceptors (Lipinski definition) is 1. The minimum atomic E-state index is -0.118. The van der Waals surface area contributed by atoms with Gasteiger partial charge in [0.2, 0.25) is 0 Å². The van der Waals surface area contributed by atoms with Gasteiger partial charge in [-0.1, -0.05) is 55.5 Å². The molecule has 2 aromatic rings. The molecule has 0 aliphatic carbocycles. The lowest BCUT2D eigenvalue weighted by Crippen LogP contribution is -2.23. The highest BCUT2D eigenvalue weighted by Crippen LogP contribution is 2.25. The summed E-state index contributed by atoms with van der Waals surface area (Å²) in [6, 6.07) is 15.4. The standard InChI is InChI=1S/C16H18FN/c1-3-18-16(13-9-5-4-6-10-13)14-11-7-8-12(2)15(14)17/h4-11,16,18H,3H2,1-2H3. The fourth-order valence-electron chi connectivity index (χ4n) is 2.15. The van der Waals surface area contributed by atoms with Crippen LogP contribution in [0.3, 0.4) is 0 Å². The lowest BCUT2D eigenvalue weighted by molar-refractivity contribution is 0.553. The largest absolute Gasteiger partial charge is 0.306 e. The summed E-state index contributed by atoms with van der Waals surface area (Å²) in [5.74, 6) is -0.118. The van der Waals surface area contributed by atoms with Gasteiger partial charge in [0, 0.05) is 5.56 Å². The zero-order valence-electron chi connectivity index (χ0n) is 10.8. The van der Waals surface area contributed by atoms with Crippen molar-refractivity contribution in [2.45, 2.75) is 19.9 Å². The van der Waals surface area contributed by atoms with Gasteiger partial charge in [0.15, 0.2) is 0 Å². The Hall–Kier alpha value is -1.67. The summed E-state index contributed by atoms with van der Waals surface area (Å²) in [4.78, 5) is 0. The van der Waals surface area contributed by atoms with E-state index in [-0.39, 0.29) is 11.9 Å². The Morgan fingerprint density at radius 1 is 1.06 bits per heavy atom. The van der Waals surface area contributed by atoms with Crippen molar-refractivity contribution in [2.75, 3.05) is 6.54 Å². The van der Waals surface area contributed by atoms with E-state index in [1.54, 1.807) is 13.0 Å². The molecule has 18 heavy (non-hydrogen) atoms. The highest BCUT2D eigenvalue weighted by Gasteiger charge is 2.17. The molecule has 1 N–H and O–H groups in total. The van der Waals surface area contributed by atoms with Crippen molar-refractivity contribution in [1.29, 1.82) is 0 Å². The minimum absolute atomic E-state index is 0.0869. The molecule has 0 bridgehead atoms. The molecule has 2 rings (SSSR count). The van der Waals surface area contributed by atoms with Gasteiger partial charge in [0.25, 0.3) is 0 Å². The molecule has 0 spiro atoms. The van der Waals surface area contributed by atoms with Crippen LogP contribution in [0.25, 0.3) is 0 Å². The molecule has 2 heteroatoms.